The summed E-state index contributed by atoms with van der Waals surface area (Å²) in [7, 11) is 0. The Labute approximate surface area is 141 Å². The Morgan fingerprint density at radius 1 is 1.00 bits per heavy atom. The first-order valence-electron chi connectivity index (χ1n) is 6.43. The van der Waals surface area contributed by atoms with Crippen LogP contribution in [0.15, 0.2) is 60.5 Å². The van der Waals surface area contributed by atoms with Crippen LogP contribution in [0.5, 0.6) is 0 Å². The average Bonchev–Trinajstić information content (AvgIpc) is 3.24. The van der Waals surface area contributed by atoms with Gasteiger partial charge in [-0.05, 0) is 48.0 Å². The van der Waals surface area contributed by atoms with E-state index in [0.717, 1.165) is 0 Å². The Hall–Kier alpha value is -1.07. The highest BCUT2D eigenvalue weighted by Gasteiger charge is 2.09. The SMILES string of the molecule is C=C/C=C(\SC)c1ccc(-c2ccc(-c3cccs3)s2)s1. The molecule has 0 nitrogen and oxygen atoms in total. The van der Waals surface area contributed by atoms with E-state index in [1.165, 1.54) is 29.3 Å². The summed E-state index contributed by atoms with van der Waals surface area (Å²) in [5.41, 5.74) is 0. The molecule has 21 heavy (non-hydrogen) atoms. The number of allylic oxidation sites excluding steroid dienone is 2. The Morgan fingerprint density at radius 3 is 2.38 bits per heavy atom. The first-order valence-corrected chi connectivity index (χ1v) is 10.2. The van der Waals surface area contributed by atoms with Crippen molar-refractivity contribution in [2.75, 3.05) is 6.26 Å². The molecule has 0 aromatic carbocycles. The van der Waals surface area contributed by atoms with Crippen molar-refractivity contribution < 1.29 is 0 Å². The molecule has 0 aliphatic carbocycles. The maximum absolute atomic E-state index is 3.79. The first-order chi connectivity index (χ1) is 10.3. The van der Waals surface area contributed by atoms with Gasteiger partial charge in [0.1, 0.15) is 0 Å². The molecule has 0 atom stereocenters. The summed E-state index contributed by atoms with van der Waals surface area (Å²) >= 11 is 7.27. The van der Waals surface area contributed by atoms with Crippen molar-refractivity contribution in [3.05, 3.63) is 65.4 Å². The van der Waals surface area contributed by atoms with E-state index < -0.39 is 0 Å². The van der Waals surface area contributed by atoms with Crippen molar-refractivity contribution in [3.63, 3.8) is 0 Å². The standard InChI is InChI=1S/C17H14S4/c1-3-5-12(18-2)14-7-9-16(20-14)17-10-8-15(21-17)13-6-4-11-19-13/h3-11H,1H2,2H3/b12-5-. The fourth-order valence-electron chi connectivity index (χ4n) is 1.98. The van der Waals surface area contributed by atoms with Gasteiger partial charge < -0.3 is 0 Å². The van der Waals surface area contributed by atoms with Crippen molar-refractivity contribution in [1.29, 1.82) is 0 Å². The summed E-state index contributed by atoms with van der Waals surface area (Å²) in [5.74, 6) is 0. The molecule has 3 heterocycles. The third-order valence-corrected chi connectivity index (χ3v) is 7.34. The topological polar surface area (TPSA) is 0 Å². The van der Waals surface area contributed by atoms with Crippen molar-refractivity contribution in [2.45, 2.75) is 0 Å². The molecule has 0 amide bonds. The lowest BCUT2D eigenvalue weighted by atomic mass is 10.3. The predicted octanol–water partition coefficient (Wildman–Crippen LogP) is 7.10. The predicted molar refractivity (Wildman–Crippen MR) is 103 cm³/mol. The number of hydrogen-bond donors (Lipinski definition) is 0. The van der Waals surface area contributed by atoms with E-state index in [4.69, 9.17) is 0 Å². The maximum atomic E-state index is 3.79. The second-order valence-corrected chi connectivity index (χ2v) is 8.24. The third kappa shape index (κ3) is 3.24. The highest BCUT2D eigenvalue weighted by Crippen LogP contribution is 2.41. The van der Waals surface area contributed by atoms with Crippen LogP contribution >= 0.6 is 45.8 Å². The van der Waals surface area contributed by atoms with Crippen LogP contribution in [0.3, 0.4) is 0 Å². The summed E-state index contributed by atoms with van der Waals surface area (Å²) in [4.78, 5) is 7.95. The van der Waals surface area contributed by atoms with Crippen LogP contribution in [0, 0.1) is 0 Å². The fraction of sp³-hybridized carbons (Fsp3) is 0.0588. The minimum Gasteiger partial charge on any atom is -0.143 e. The number of thiophene rings is 3. The molecule has 0 bridgehead atoms. The van der Waals surface area contributed by atoms with Gasteiger partial charge in [0.25, 0.3) is 0 Å². The van der Waals surface area contributed by atoms with Crippen molar-refractivity contribution >= 4 is 50.7 Å². The van der Waals surface area contributed by atoms with E-state index >= 15 is 0 Å². The Bertz CT molecular complexity index is 756. The highest BCUT2D eigenvalue weighted by molar-refractivity contribution is 8.07. The molecule has 3 aromatic heterocycles. The Balaban J connectivity index is 1.90. The molecule has 0 unspecified atom stereocenters. The molecule has 0 spiro atoms. The lowest BCUT2D eigenvalue weighted by Crippen LogP contribution is -1.69. The maximum Gasteiger partial charge on any atom is 0.0449 e. The Kier molecular flexibility index (Phi) is 4.80. The summed E-state index contributed by atoms with van der Waals surface area (Å²) in [6, 6.07) is 13.2. The molecular weight excluding hydrogens is 332 g/mol. The largest absolute Gasteiger partial charge is 0.143 e. The Morgan fingerprint density at radius 2 is 1.71 bits per heavy atom. The molecule has 3 aromatic rings. The van der Waals surface area contributed by atoms with Gasteiger partial charge in [0.15, 0.2) is 0 Å². The molecule has 0 saturated heterocycles. The third-order valence-electron chi connectivity index (χ3n) is 2.95. The zero-order chi connectivity index (χ0) is 14.7. The summed E-state index contributed by atoms with van der Waals surface area (Å²) in [6.45, 7) is 3.79. The summed E-state index contributed by atoms with van der Waals surface area (Å²) in [6.07, 6.45) is 6.03. The van der Waals surface area contributed by atoms with E-state index in [9.17, 15) is 0 Å². The number of hydrogen-bond acceptors (Lipinski definition) is 4. The zero-order valence-corrected chi connectivity index (χ0v) is 14.8. The van der Waals surface area contributed by atoms with Gasteiger partial charge in [0.2, 0.25) is 0 Å². The van der Waals surface area contributed by atoms with Gasteiger partial charge in [-0.25, -0.2) is 0 Å². The summed E-state index contributed by atoms with van der Waals surface area (Å²) < 4.78 is 0. The monoisotopic (exact) mass is 346 g/mol. The second-order valence-electron chi connectivity index (χ2n) is 4.28. The summed E-state index contributed by atoms with van der Waals surface area (Å²) in [5, 5.41) is 2.13. The first kappa shape index (κ1) is 14.9. The van der Waals surface area contributed by atoms with E-state index in [-0.39, 0.29) is 0 Å². The smallest absolute Gasteiger partial charge is 0.0449 e. The van der Waals surface area contributed by atoms with Crippen molar-refractivity contribution in [1.82, 2.24) is 0 Å². The quantitative estimate of drug-likeness (QED) is 0.444. The molecule has 0 aliphatic rings. The number of rotatable bonds is 5. The van der Waals surface area contributed by atoms with Crippen LogP contribution in [-0.2, 0) is 0 Å². The zero-order valence-electron chi connectivity index (χ0n) is 11.5. The molecule has 106 valence electrons. The van der Waals surface area contributed by atoms with Crippen LogP contribution in [0.4, 0.5) is 0 Å². The molecule has 0 saturated carbocycles. The lowest BCUT2D eigenvalue weighted by molar-refractivity contribution is 1.89. The van der Waals surface area contributed by atoms with Gasteiger partial charge in [-0.15, -0.1) is 45.8 Å². The minimum atomic E-state index is 1.27. The van der Waals surface area contributed by atoms with Crippen molar-refractivity contribution in [2.24, 2.45) is 0 Å². The number of thioether (sulfide) groups is 1. The average molecular weight is 347 g/mol. The van der Waals surface area contributed by atoms with E-state index in [2.05, 4.69) is 60.7 Å². The molecule has 0 N–H and O–H groups in total. The fourth-order valence-corrected chi connectivity index (χ4v) is 5.72. The lowest BCUT2D eigenvalue weighted by Gasteiger charge is -1.97. The minimum absolute atomic E-state index is 1.27. The van der Waals surface area contributed by atoms with Gasteiger partial charge in [-0.2, -0.15) is 0 Å². The van der Waals surface area contributed by atoms with Gasteiger partial charge in [0.05, 0.1) is 0 Å². The van der Waals surface area contributed by atoms with Crippen LogP contribution in [0.2, 0.25) is 0 Å². The van der Waals surface area contributed by atoms with Gasteiger partial charge in [-0.1, -0.05) is 18.7 Å². The second kappa shape index (κ2) is 6.79. The molecule has 0 aliphatic heterocycles. The van der Waals surface area contributed by atoms with Crippen molar-refractivity contribution in [3.8, 4) is 19.5 Å². The molecule has 0 fully saturated rings. The van der Waals surface area contributed by atoms with Crippen LogP contribution in [0.1, 0.15) is 4.88 Å². The molecule has 0 radical (unpaired) electrons. The van der Waals surface area contributed by atoms with E-state index in [1.54, 1.807) is 23.1 Å². The van der Waals surface area contributed by atoms with E-state index in [0.29, 0.717) is 0 Å². The van der Waals surface area contributed by atoms with Crippen LogP contribution < -0.4 is 0 Å². The van der Waals surface area contributed by atoms with Gasteiger partial charge >= 0.3 is 0 Å². The normalized spacial score (nSPS) is 11.8. The van der Waals surface area contributed by atoms with Gasteiger partial charge in [-0.3, -0.25) is 0 Å². The highest BCUT2D eigenvalue weighted by atomic mass is 32.2. The van der Waals surface area contributed by atoms with Crippen LogP contribution in [0.25, 0.3) is 24.4 Å². The van der Waals surface area contributed by atoms with Gasteiger partial charge in [0, 0.05) is 29.3 Å². The molecular formula is C17H14S4. The molecule has 3 rings (SSSR count). The van der Waals surface area contributed by atoms with Crippen LogP contribution in [-0.4, -0.2) is 6.26 Å². The molecule has 4 heteroatoms. The van der Waals surface area contributed by atoms with E-state index in [1.807, 2.05) is 28.7 Å².